The maximum Gasteiger partial charge on any atom is 0.255 e. The van der Waals surface area contributed by atoms with Gasteiger partial charge in [0.1, 0.15) is 0 Å². The van der Waals surface area contributed by atoms with E-state index in [0.717, 1.165) is 12.0 Å². The summed E-state index contributed by atoms with van der Waals surface area (Å²) in [5.41, 5.74) is 1.89. The summed E-state index contributed by atoms with van der Waals surface area (Å²) in [5.74, 6) is 3.59. The van der Waals surface area contributed by atoms with E-state index in [1.807, 2.05) is 6.07 Å². The van der Waals surface area contributed by atoms with E-state index in [0.29, 0.717) is 36.0 Å². The van der Waals surface area contributed by atoms with Crippen LogP contribution >= 0.6 is 0 Å². The molecule has 0 unspecified atom stereocenters. The minimum absolute atomic E-state index is 0.218. The molecule has 0 saturated heterocycles. The zero-order chi connectivity index (χ0) is 15.4. The van der Waals surface area contributed by atoms with Crippen LogP contribution in [-0.4, -0.2) is 19.1 Å². The Hall–Kier alpha value is -2.93. The molecule has 2 aromatic carbocycles. The van der Waals surface area contributed by atoms with Gasteiger partial charge in [-0.2, -0.15) is 0 Å². The fraction of sp³-hybridized carbons (Fsp3) is 0.167. The molecule has 0 atom stereocenters. The van der Waals surface area contributed by atoms with Crippen LogP contribution in [-0.2, 0) is 0 Å². The molecule has 0 aliphatic carbocycles. The third-order valence-electron chi connectivity index (χ3n) is 3.30. The number of benzene rings is 2. The highest BCUT2D eigenvalue weighted by molar-refractivity contribution is 6.04. The maximum absolute atomic E-state index is 12.3. The van der Waals surface area contributed by atoms with E-state index in [9.17, 15) is 4.79 Å². The topological polar surface area (TPSA) is 47.6 Å². The van der Waals surface area contributed by atoms with E-state index >= 15 is 0 Å². The van der Waals surface area contributed by atoms with E-state index in [4.69, 9.17) is 15.9 Å². The second kappa shape index (κ2) is 6.23. The van der Waals surface area contributed by atoms with Crippen molar-refractivity contribution in [2.45, 2.75) is 6.42 Å². The summed E-state index contributed by atoms with van der Waals surface area (Å²) in [6, 6.07) is 12.3. The Morgan fingerprint density at radius 2 is 1.91 bits per heavy atom. The second-order valence-corrected chi connectivity index (χ2v) is 4.89. The number of ether oxygens (including phenoxy) is 2. The molecule has 4 nitrogen and oxygen atoms in total. The monoisotopic (exact) mass is 293 g/mol. The van der Waals surface area contributed by atoms with E-state index < -0.39 is 0 Å². The molecule has 1 N–H and O–H groups in total. The zero-order valence-electron chi connectivity index (χ0n) is 12.0. The molecule has 0 radical (unpaired) electrons. The Morgan fingerprint density at radius 3 is 2.73 bits per heavy atom. The number of hydrogen-bond donors (Lipinski definition) is 1. The normalized spacial score (nSPS) is 12.9. The van der Waals surface area contributed by atoms with Gasteiger partial charge in [0.25, 0.3) is 5.91 Å². The molecule has 22 heavy (non-hydrogen) atoms. The minimum atomic E-state index is -0.218. The lowest BCUT2D eigenvalue weighted by molar-refractivity contribution is 0.102. The number of carbonyl (C=O) groups is 1. The van der Waals surface area contributed by atoms with Crippen molar-refractivity contribution in [1.82, 2.24) is 0 Å². The number of amides is 1. The van der Waals surface area contributed by atoms with Crippen LogP contribution in [0.2, 0.25) is 0 Å². The number of nitrogens with one attached hydrogen (secondary N) is 1. The average Bonchev–Trinajstić information content (AvgIpc) is 2.79. The molecule has 4 heteroatoms. The SMILES string of the molecule is C#Cc1cccc(NC(=O)c2ccc3c(c2)OCCCO3)c1. The van der Waals surface area contributed by atoms with E-state index in [2.05, 4.69) is 11.2 Å². The first-order valence-corrected chi connectivity index (χ1v) is 7.04. The summed E-state index contributed by atoms with van der Waals surface area (Å²) in [4.78, 5) is 12.3. The molecule has 0 bridgehead atoms. The van der Waals surface area contributed by atoms with Gasteiger partial charge in [0.05, 0.1) is 13.2 Å². The van der Waals surface area contributed by atoms with Crippen molar-refractivity contribution < 1.29 is 14.3 Å². The van der Waals surface area contributed by atoms with E-state index in [1.165, 1.54) is 0 Å². The van der Waals surface area contributed by atoms with E-state index in [1.54, 1.807) is 36.4 Å². The fourth-order valence-electron chi connectivity index (χ4n) is 2.19. The number of hydrogen-bond acceptors (Lipinski definition) is 3. The Kier molecular flexibility index (Phi) is 3.97. The van der Waals surface area contributed by atoms with Crippen molar-refractivity contribution in [1.29, 1.82) is 0 Å². The molecule has 0 fully saturated rings. The molecule has 0 aromatic heterocycles. The summed E-state index contributed by atoms with van der Waals surface area (Å²) in [6.07, 6.45) is 6.19. The first-order chi connectivity index (χ1) is 10.8. The maximum atomic E-state index is 12.3. The standard InChI is InChI=1S/C18H15NO3/c1-2-13-5-3-6-15(11-13)19-18(20)14-7-8-16-17(12-14)22-10-4-9-21-16/h1,3,5-8,11-12H,4,9-10H2,(H,19,20). The Balaban J connectivity index is 1.80. The van der Waals surface area contributed by atoms with Crippen LogP contribution in [0.1, 0.15) is 22.3 Å². The molecule has 0 saturated carbocycles. The molecule has 1 amide bonds. The summed E-state index contributed by atoms with van der Waals surface area (Å²) >= 11 is 0. The summed E-state index contributed by atoms with van der Waals surface area (Å²) in [5, 5.41) is 2.82. The molecule has 1 heterocycles. The lowest BCUT2D eigenvalue weighted by Crippen LogP contribution is -2.12. The third kappa shape index (κ3) is 3.04. The number of rotatable bonds is 2. The number of fused-ring (bicyclic) bond motifs is 1. The van der Waals surface area contributed by atoms with Crippen molar-refractivity contribution in [3.8, 4) is 23.8 Å². The third-order valence-corrected chi connectivity index (χ3v) is 3.30. The van der Waals surface area contributed by atoms with Crippen molar-refractivity contribution >= 4 is 11.6 Å². The van der Waals surface area contributed by atoms with Gasteiger partial charge in [0.2, 0.25) is 0 Å². The molecular weight excluding hydrogens is 278 g/mol. The first kappa shape index (κ1) is 14.0. The number of anilines is 1. The molecular formula is C18H15NO3. The van der Waals surface area contributed by atoms with Crippen molar-refractivity contribution in [3.05, 3.63) is 53.6 Å². The quantitative estimate of drug-likeness (QED) is 0.866. The minimum Gasteiger partial charge on any atom is -0.490 e. The predicted molar refractivity (Wildman–Crippen MR) is 84.4 cm³/mol. The van der Waals surface area contributed by atoms with Crippen molar-refractivity contribution in [3.63, 3.8) is 0 Å². The molecule has 3 rings (SSSR count). The summed E-state index contributed by atoms with van der Waals surface area (Å²) < 4.78 is 11.1. The van der Waals surface area contributed by atoms with Gasteiger partial charge in [0.15, 0.2) is 11.5 Å². The Bertz CT molecular complexity index is 746. The van der Waals surface area contributed by atoms with Gasteiger partial charge in [-0.25, -0.2) is 0 Å². The van der Waals surface area contributed by atoms with Crippen LogP contribution in [0.4, 0.5) is 5.69 Å². The van der Waals surface area contributed by atoms with Gasteiger partial charge < -0.3 is 14.8 Å². The second-order valence-electron chi connectivity index (χ2n) is 4.89. The van der Waals surface area contributed by atoms with Crippen molar-refractivity contribution in [2.75, 3.05) is 18.5 Å². The highest BCUT2D eigenvalue weighted by Crippen LogP contribution is 2.30. The van der Waals surface area contributed by atoms with Crippen LogP contribution in [0.3, 0.4) is 0 Å². The van der Waals surface area contributed by atoms with Crippen LogP contribution in [0.5, 0.6) is 11.5 Å². The smallest absolute Gasteiger partial charge is 0.255 e. The molecule has 1 aliphatic rings. The van der Waals surface area contributed by atoms with Gasteiger partial charge >= 0.3 is 0 Å². The van der Waals surface area contributed by atoms with Crippen LogP contribution in [0.15, 0.2) is 42.5 Å². The summed E-state index contributed by atoms with van der Waals surface area (Å²) in [6.45, 7) is 1.21. The largest absolute Gasteiger partial charge is 0.490 e. The van der Waals surface area contributed by atoms with Gasteiger partial charge in [-0.3, -0.25) is 4.79 Å². The first-order valence-electron chi connectivity index (χ1n) is 7.04. The Morgan fingerprint density at radius 1 is 1.09 bits per heavy atom. The highest BCUT2D eigenvalue weighted by Gasteiger charge is 2.14. The van der Waals surface area contributed by atoms with E-state index in [-0.39, 0.29) is 5.91 Å². The number of terminal acetylenes is 1. The van der Waals surface area contributed by atoms with Gasteiger partial charge in [-0.1, -0.05) is 12.0 Å². The highest BCUT2D eigenvalue weighted by atomic mass is 16.5. The van der Waals surface area contributed by atoms with Crippen molar-refractivity contribution in [2.24, 2.45) is 0 Å². The Labute approximate surface area is 129 Å². The van der Waals surface area contributed by atoms with Crippen LogP contribution in [0, 0.1) is 12.3 Å². The number of carbonyl (C=O) groups excluding carboxylic acids is 1. The zero-order valence-corrected chi connectivity index (χ0v) is 12.0. The van der Waals surface area contributed by atoms with Gasteiger partial charge in [-0.15, -0.1) is 6.42 Å². The molecule has 0 spiro atoms. The lowest BCUT2D eigenvalue weighted by Gasteiger charge is -2.10. The van der Waals surface area contributed by atoms with Gasteiger partial charge in [0, 0.05) is 23.2 Å². The molecule has 1 aliphatic heterocycles. The average molecular weight is 293 g/mol. The van der Waals surface area contributed by atoms with Gasteiger partial charge in [-0.05, 0) is 36.4 Å². The predicted octanol–water partition coefficient (Wildman–Crippen LogP) is 3.08. The van der Waals surface area contributed by atoms with Crippen LogP contribution < -0.4 is 14.8 Å². The lowest BCUT2D eigenvalue weighted by atomic mass is 10.1. The molecule has 110 valence electrons. The van der Waals surface area contributed by atoms with Crippen LogP contribution in [0.25, 0.3) is 0 Å². The summed E-state index contributed by atoms with van der Waals surface area (Å²) in [7, 11) is 0. The molecule has 2 aromatic rings. The fourth-order valence-corrected chi connectivity index (χ4v) is 2.19.